The first-order valence-electron chi connectivity index (χ1n) is 21.0. The standard InChI is InChI=1S/C47H55Cl3N2O9Si/c1-28-19-32-20-34-44-51(35(24-57-44)33-21-37(29(2)41-42(33)60-27-59-41)55-22-30-15-11-9-12-16-30)36(25-61-62(7,8)46(3,4)5)39(52(34)45(53)58-26-47(48,49)50)38(32)43(40(28)54-6)56-23-31-17-13-10-14-18-31/h9-19,21,34-36,39,44H,20,22-27H2,1-8H3/t34?,35-,36-,39-,44-/m0/s1. The molecule has 4 aliphatic heterocycles. The van der Waals surface area contributed by atoms with Gasteiger partial charge in [0.25, 0.3) is 0 Å². The van der Waals surface area contributed by atoms with Crippen molar-refractivity contribution in [3.63, 3.8) is 0 Å². The summed E-state index contributed by atoms with van der Waals surface area (Å²) in [5, 5.41) is -0.115. The quantitative estimate of drug-likeness (QED) is 0.101. The van der Waals surface area contributed by atoms with E-state index in [0.717, 1.165) is 38.9 Å². The van der Waals surface area contributed by atoms with Crippen molar-refractivity contribution in [2.75, 3.05) is 33.7 Å². The van der Waals surface area contributed by atoms with Crippen LogP contribution < -0.4 is 23.7 Å². The summed E-state index contributed by atoms with van der Waals surface area (Å²) >= 11 is 18.6. The van der Waals surface area contributed by atoms with Crippen LogP contribution in [0.2, 0.25) is 18.1 Å². The molecule has 2 fully saturated rings. The number of aryl methyl sites for hydroxylation is 1. The second-order valence-corrected chi connectivity index (χ2v) is 25.3. The van der Waals surface area contributed by atoms with E-state index in [1.54, 1.807) is 12.0 Å². The van der Waals surface area contributed by atoms with Crippen LogP contribution in [0.1, 0.15) is 71.8 Å². The zero-order valence-corrected chi connectivity index (χ0v) is 39.7. The van der Waals surface area contributed by atoms with Gasteiger partial charge in [-0.1, -0.05) is 122 Å². The lowest BCUT2D eigenvalue weighted by molar-refractivity contribution is -0.136. The first-order valence-corrected chi connectivity index (χ1v) is 25.0. The lowest BCUT2D eigenvalue weighted by Gasteiger charge is -2.57. The number of nitrogens with zero attached hydrogens (tertiary/aromatic N) is 2. The van der Waals surface area contributed by atoms with Crippen LogP contribution in [0.25, 0.3) is 0 Å². The minimum atomic E-state index is -2.41. The fourth-order valence-electron chi connectivity index (χ4n) is 8.92. The van der Waals surface area contributed by atoms with Gasteiger partial charge in [0.05, 0.1) is 44.5 Å². The van der Waals surface area contributed by atoms with E-state index in [1.807, 2.05) is 74.5 Å². The lowest BCUT2D eigenvalue weighted by Crippen LogP contribution is -2.68. The number of ether oxygens (including phenoxy) is 7. The normalized spacial score (nSPS) is 21.9. The van der Waals surface area contributed by atoms with Crippen LogP contribution in [0.5, 0.6) is 28.7 Å². The third kappa shape index (κ3) is 8.68. The molecule has 4 heterocycles. The maximum atomic E-state index is 14.7. The molecule has 0 radical (unpaired) electrons. The topological polar surface area (TPSA) is 97.4 Å². The molecule has 15 heteroatoms. The van der Waals surface area contributed by atoms with Crippen molar-refractivity contribution in [1.29, 1.82) is 0 Å². The van der Waals surface area contributed by atoms with Gasteiger partial charge in [0.15, 0.2) is 31.3 Å². The molecule has 0 N–H and O–H groups in total. The van der Waals surface area contributed by atoms with E-state index >= 15 is 0 Å². The SMILES string of the molecule is COc1c(C)cc2c(c1OCc1ccccc1)[C@@H]1[C@H](CO[Si](C)(C)C(C)(C)C)N3[C@H](c4cc(OCc5ccccc5)c(C)c5c4OCO5)CO[C@H]3C(C2)N1C(=O)OCC(Cl)(Cl)Cl. The highest BCUT2D eigenvalue weighted by atomic mass is 35.6. The Kier molecular flexibility index (Phi) is 12.7. The molecule has 4 aromatic carbocycles. The lowest BCUT2D eigenvalue weighted by atomic mass is 9.78. The van der Waals surface area contributed by atoms with Crippen molar-refractivity contribution in [3.05, 3.63) is 112 Å². The van der Waals surface area contributed by atoms with Gasteiger partial charge in [0.1, 0.15) is 31.8 Å². The molecular weight excluding hydrogens is 871 g/mol. The molecule has 4 aliphatic rings. The molecule has 2 bridgehead atoms. The van der Waals surface area contributed by atoms with Crippen molar-refractivity contribution in [2.45, 2.75) is 107 Å². The summed E-state index contributed by atoms with van der Waals surface area (Å²) in [7, 11) is -0.769. The van der Waals surface area contributed by atoms with E-state index < -0.39 is 49.2 Å². The van der Waals surface area contributed by atoms with Crippen molar-refractivity contribution in [2.24, 2.45) is 0 Å². The molecular formula is C47H55Cl3N2O9Si. The van der Waals surface area contributed by atoms with Gasteiger partial charge >= 0.3 is 6.09 Å². The number of fused-ring (bicyclic) bond motifs is 7. The monoisotopic (exact) mass is 924 g/mol. The molecule has 0 aliphatic carbocycles. The van der Waals surface area contributed by atoms with E-state index in [9.17, 15) is 4.79 Å². The largest absolute Gasteiger partial charge is 0.493 e. The molecule has 0 saturated carbocycles. The fraction of sp³-hybridized carbons (Fsp3) is 0.468. The van der Waals surface area contributed by atoms with E-state index in [0.29, 0.717) is 41.8 Å². The van der Waals surface area contributed by atoms with Crippen LogP contribution >= 0.6 is 34.8 Å². The van der Waals surface area contributed by atoms with Gasteiger partial charge in [-0.3, -0.25) is 9.80 Å². The van der Waals surface area contributed by atoms with Gasteiger partial charge in [-0.2, -0.15) is 0 Å². The molecule has 2 saturated heterocycles. The molecule has 8 rings (SSSR count). The molecule has 11 nitrogen and oxygen atoms in total. The summed E-state index contributed by atoms with van der Waals surface area (Å²) in [4.78, 5) is 18.9. The van der Waals surface area contributed by atoms with Crippen LogP contribution in [0.3, 0.4) is 0 Å². The zero-order valence-electron chi connectivity index (χ0n) is 36.5. The van der Waals surface area contributed by atoms with E-state index in [-0.39, 0.29) is 37.7 Å². The van der Waals surface area contributed by atoms with Crippen molar-refractivity contribution < 1.29 is 42.4 Å². The van der Waals surface area contributed by atoms with Crippen LogP contribution in [0.4, 0.5) is 4.79 Å². The average molecular weight is 926 g/mol. The summed E-state index contributed by atoms with van der Waals surface area (Å²) in [6.07, 6.45) is -0.817. The number of methoxy groups -OCH3 is 1. The third-order valence-corrected chi connectivity index (χ3v) is 17.8. The number of halogens is 3. The Morgan fingerprint density at radius 2 is 1.53 bits per heavy atom. The highest BCUT2D eigenvalue weighted by molar-refractivity contribution is 6.74. The maximum Gasteiger partial charge on any atom is 0.410 e. The Morgan fingerprint density at radius 1 is 0.887 bits per heavy atom. The molecule has 1 unspecified atom stereocenters. The predicted molar refractivity (Wildman–Crippen MR) is 242 cm³/mol. The molecule has 5 atom stereocenters. The van der Waals surface area contributed by atoms with E-state index in [1.165, 1.54) is 0 Å². The van der Waals surface area contributed by atoms with Crippen LogP contribution in [-0.4, -0.2) is 80.0 Å². The minimum Gasteiger partial charge on any atom is -0.493 e. The van der Waals surface area contributed by atoms with E-state index in [2.05, 4.69) is 50.9 Å². The molecule has 4 aromatic rings. The van der Waals surface area contributed by atoms with Crippen molar-refractivity contribution in [3.8, 4) is 28.7 Å². The first-order chi connectivity index (χ1) is 29.5. The highest BCUT2D eigenvalue weighted by Crippen LogP contribution is 2.57. The second-order valence-electron chi connectivity index (χ2n) is 17.9. The summed E-state index contributed by atoms with van der Waals surface area (Å²) in [5.74, 6) is 3.09. The first kappa shape index (κ1) is 44.7. The summed E-state index contributed by atoms with van der Waals surface area (Å²) in [6.45, 7) is 15.9. The maximum absolute atomic E-state index is 14.7. The zero-order chi connectivity index (χ0) is 44.1. The Morgan fingerprint density at radius 3 is 2.16 bits per heavy atom. The predicted octanol–water partition coefficient (Wildman–Crippen LogP) is 10.8. The summed E-state index contributed by atoms with van der Waals surface area (Å²) in [6, 6.07) is 22.1. The Labute approximate surface area is 380 Å². The smallest absolute Gasteiger partial charge is 0.410 e. The summed E-state index contributed by atoms with van der Waals surface area (Å²) < 4.78 is 50.1. The summed E-state index contributed by atoms with van der Waals surface area (Å²) in [5.41, 5.74) is 6.45. The Balaban J connectivity index is 1.30. The van der Waals surface area contributed by atoms with Crippen LogP contribution in [-0.2, 0) is 33.5 Å². The number of benzene rings is 4. The van der Waals surface area contributed by atoms with Gasteiger partial charge < -0.3 is 37.6 Å². The fourth-order valence-corrected chi connectivity index (χ4v) is 10.1. The number of alkyl halides is 3. The minimum absolute atomic E-state index is 0.0724. The van der Waals surface area contributed by atoms with Gasteiger partial charge in [-0.15, -0.1) is 0 Å². The number of hydrogen-bond acceptors (Lipinski definition) is 10. The number of piperazine rings is 1. The Hall–Kier alpha value is -3.88. The molecule has 1 amide bonds. The van der Waals surface area contributed by atoms with Gasteiger partial charge in [0, 0.05) is 16.7 Å². The number of amides is 1. The van der Waals surface area contributed by atoms with Crippen molar-refractivity contribution >= 4 is 49.2 Å². The highest BCUT2D eigenvalue weighted by Gasteiger charge is 2.60. The van der Waals surface area contributed by atoms with Crippen molar-refractivity contribution in [1.82, 2.24) is 9.80 Å². The number of carbonyl (C=O) groups is 1. The Bertz CT molecular complexity index is 2270. The number of carbonyl (C=O) groups excluding carboxylic acids is 1. The number of hydrogen-bond donors (Lipinski definition) is 0. The molecule has 0 aromatic heterocycles. The average Bonchev–Trinajstić information content (AvgIpc) is 3.91. The number of rotatable bonds is 12. The van der Waals surface area contributed by atoms with Gasteiger partial charge in [-0.25, -0.2) is 4.79 Å². The molecule has 0 spiro atoms. The van der Waals surface area contributed by atoms with Crippen LogP contribution in [0, 0.1) is 13.8 Å². The van der Waals surface area contributed by atoms with E-state index in [4.69, 9.17) is 72.4 Å². The molecule has 62 heavy (non-hydrogen) atoms. The third-order valence-electron chi connectivity index (χ3n) is 13.0. The van der Waals surface area contributed by atoms with Gasteiger partial charge in [-0.05, 0) is 66.7 Å². The second kappa shape index (κ2) is 17.6. The molecule has 332 valence electrons. The van der Waals surface area contributed by atoms with Crippen LogP contribution in [0.15, 0.2) is 72.8 Å². The van der Waals surface area contributed by atoms with Gasteiger partial charge in [0.2, 0.25) is 10.6 Å².